The Balaban J connectivity index is 2.02. The van der Waals surface area contributed by atoms with Crippen LogP contribution in [-0.2, 0) is 28.6 Å². The first-order valence-corrected chi connectivity index (χ1v) is 21.7. The molecule has 3 heterocycles. The fraction of sp³-hybridized carbons (Fsp3) is 0.804. The predicted octanol–water partition coefficient (Wildman–Crippen LogP) is 6.27. The summed E-state index contributed by atoms with van der Waals surface area (Å²) >= 11 is 0. The lowest BCUT2D eigenvalue weighted by atomic mass is 9.73. The Morgan fingerprint density at radius 3 is 2.09 bits per heavy atom. The normalized spacial score (nSPS) is 46.2. The van der Waals surface area contributed by atoms with Gasteiger partial charge in [-0.1, -0.05) is 92.7 Å². The van der Waals surface area contributed by atoms with Crippen LogP contribution in [0.5, 0.6) is 0 Å². The maximum Gasteiger partial charge on any atom is 0.330 e. The molecule has 0 aromatic heterocycles. The predicted molar refractivity (Wildman–Crippen MR) is 220 cm³/mol. The second kappa shape index (κ2) is 21.3. The summed E-state index contributed by atoms with van der Waals surface area (Å²) in [6.45, 7) is 19.2. The van der Waals surface area contributed by atoms with Crippen molar-refractivity contribution in [3.05, 3.63) is 36.5 Å². The molecule has 1 spiro atoms. The molecule has 2 bridgehead atoms. The van der Waals surface area contributed by atoms with Crippen LogP contribution >= 0.6 is 0 Å². The smallest absolute Gasteiger partial charge is 0.330 e. The third-order valence-electron chi connectivity index (χ3n) is 13.6. The highest BCUT2D eigenvalue weighted by molar-refractivity contribution is 5.91. The van der Waals surface area contributed by atoms with E-state index in [0.29, 0.717) is 32.1 Å². The molecule has 57 heavy (non-hydrogen) atoms. The third kappa shape index (κ3) is 12.0. The largest absolute Gasteiger partial charge is 0.458 e. The Morgan fingerprint density at radius 1 is 0.825 bits per heavy atom. The highest BCUT2D eigenvalue weighted by Crippen LogP contribution is 2.50. The maximum absolute atomic E-state index is 13.6. The number of esters is 1. The Kier molecular flexibility index (Phi) is 18.4. The molecule has 3 aliphatic heterocycles. The molecule has 0 aromatic rings. The van der Waals surface area contributed by atoms with Crippen LogP contribution in [-0.4, -0.2) is 97.2 Å². The standard InChI is InChI=1S/C46H76O11/c1-12-34-18-16-14-15-17-28(5)43(52)45(11,54)44(53)33(10)41(51)32(9)40(50)31(8)39(49)27(4)19-22-38(48)55-42-30(7)36(21-20-34)56-46(35(42)13-2)24-23-26(3)37(57-46)25-29(6)47/h14-16,18-19,22,26-37,39,41-43,47,49,51-52,54H,12-13,17,20-21,23-25H2,1-11H3/b15-14-,18-16-,22-19+. The first-order valence-electron chi connectivity index (χ1n) is 21.7. The van der Waals surface area contributed by atoms with Gasteiger partial charge in [0.2, 0.25) is 0 Å². The summed E-state index contributed by atoms with van der Waals surface area (Å²) < 4.78 is 20.3. The van der Waals surface area contributed by atoms with Gasteiger partial charge in [0, 0.05) is 42.1 Å². The number of ketones is 2. The summed E-state index contributed by atoms with van der Waals surface area (Å²) in [7, 11) is 0. The molecule has 18 unspecified atom stereocenters. The van der Waals surface area contributed by atoms with E-state index in [-0.39, 0.29) is 35.9 Å². The molecular weight excluding hydrogens is 728 g/mol. The number of Topliss-reactive ketones (excluding diaryl/α,β-unsaturated/α-hetero) is 2. The fourth-order valence-corrected chi connectivity index (χ4v) is 9.37. The van der Waals surface area contributed by atoms with Crippen LogP contribution in [0.25, 0.3) is 0 Å². The van der Waals surface area contributed by atoms with E-state index < -0.39 is 89.0 Å². The van der Waals surface area contributed by atoms with Gasteiger partial charge < -0.3 is 39.7 Å². The maximum atomic E-state index is 13.6. The van der Waals surface area contributed by atoms with Crippen molar-refractivity contribution in [1.82, 2.24) is 0 Å². The zero-order chi connectivity index (χ0) is 43.0. The number of aliphatic hydroxyl groups is 5. The average Bonchev–Trinajstić information content (AvgIpc) is 3.17. The number of fused-ring (bicyclic) bond motifs is 2. The van der Waals surface area contributed by atoms with E-state index in [1.807, 2.05) is 25.2 Å². The van der Waals surface area contributed by atoms with Crippen LogP contribution in [0, 0.1) is 53.3 Å². The molecule has 0 amide bonds. The van der Waals surface area contributed by atoms with Gasteiger partial charge in [-0.3, -0.25) is 9.59 Å². The van der Waals surface area contributed by atoms with Crippen LogP contribution in [0.3, 0.4) is 0 Å². The van der Waals surface area contributed by atoms with E-state index in [9.17, 15) is 39.9 Å². The topological polar surface area (TPSA) is 180 Å². The minimum Gasteiger partial charge on any atom is -0.458 e. The molecule has 326 valence electrons. The molecule has 0 aliphatic carbocycles. The quantitative estimate of drug-likeness (QED) is 0.202. The van der Waals surface area contributed by atoms with E-state index in [1.54, 1.807) is 27.7 Å². The second-order valence-electron chi connectivity index (χ2n) is 18.2. The monoisotopic (exact) mass is 805 g/mol. The number of allylic oxidation sites excluding steroid dienone is 4. The van der Waals surface area contributed by atoms with Crippen molar-refractivity contribution < 1.29 is 54.1 Å². The summed E-state index contributed by atoms with van der Waals surface area (Å²) in [5.41, 5.74) is -2.18. The van der Waals surface area contributed by atoms with E-state index in [0.717, 1.165) is 19.3 Å². The minimum absolute atomic E-state index is 0.163. The summed E-state index contributed by atoms with van der Waals surface area (Å²) in [6.07, 6.45) is 10.3. The number of ether oxygens (including phenoxy) is 3. The van der Waals surface area contributed by atoms with Crippen molar-refractivity contribution in [2.24, 2.45) is 53.3 Å². The molecule has 18 atom stereocenters. The van der Waals surface area contributed by atoms with E-state index in [2.05, 4.69) is 26.8 Å². The summed E-state index contributed by atoms with van der Waals surface area (Å²) in [6, 6.07) is 0. The Morgan fingerprint density at radius 2 is 1.47 bits per heavy atom. The zero-order valence-electron chi connectivity index (χ0n) is 36.5. The summed E-state index contributed by atoms with van der Waals surface area (Å²) in [5, 5.41) is 55.2. The van der Waals surface area contributed by atoms with Crippen molar-refractivity contribution in [1.29, 1.82) is 0 Å². The molecule has 11 heteroatoms. The number of aliphatic hydroxyl groups excluding tert-OH is 4. The first kappa shape index (κ1) is 49.1. The SMILES string of the molecule is CCC1/C=C\C=C/CC(C)C(O)C(C)(O)C(=O)C(C)C(O)C(C)C(=O)C(C)C(O)C(C)/C=C/C(=O)OC2C(C)C(CC1)OC1(CCC(C)C(CC(C)O)O1)C2CC. The number of hydrogen-bond acceptors (Lipinski definition) is 11. The number of carbonyl (C=O) groups is 3. The molecule has 2 fully saturated rings. The molecule has 2 saturated heterocycles. The van der Waals surface area contributed by atoms with Gasteiger partial charge in [-0.2, -0.15) is 0 Å². The van der Waals surface area contributed by atoms with Crippen LogP contribution in [0.4, 0.5) is 0 Å². The lowest BCUT2D eigenvalue weighted by Crippen LogP contribution is -2.63. The first-order chi connectivity index (χ1) is 26.6. The van der Waals surface area contributed by atoms with Gasteiger partial charge in [0.1, 0.15) is 17.5 Å². The minimum atomic E-state index is -2.18. The van der Waals surface area contributed by atoms with Crippen LogP contribution < -0.4 is 0 Å². The molecular formula is C46H76O11. The van der Waals surface area contributed by atoms with E-state index in [1.165, 1.54) is 32.9 Å². The Labute approximate surface area is 342 Å². The Bertz CT molecular complexity index is 1400. The second-order valence-corrected chi connectivity index (χ2v) is 18.2. The van der Waals surface area contributed by atoms with Crippen molar-refractivity contribution in [2.45, 2.75) is 182 Å². The number of rotatable bonds is 4. The lowest BCUT2D eigenvalue weighted by molar-refractivity contribution is -0.374. The van der Waals surface area contributed by atoms with Gasteiger partial charge in [-0.05, 0) is 76.5 Å². The molecule has 0 radical (unpaired) electrons. The van der Waals surface area contributed by atoms with Crippen molar-refractivity contribution in [3.63, 3.8) is 0 Å². The van der Waals surface area contributed by atoms with Crippen LogP contribution in [0.15, 0.2) is 36.5 Å². The summed E-state index contributed by atoms with van der Waals surface area (Å²) in [4.78, 5) is 40.7. The van der Waals surface area contributed by atoms with Gasteiger partial charge in [0.25, 0.3) is 0 Å². The molecule has 3 aliphatic rings. The van der Waals surface area contributed by atoms with Gasteiger partial charge in [-0.25, -0.2) is 4.79 Å². The number of hydrogen-bond donors (Lipinski definition) is 5. The number of carbonyl (C=O) groups excluding carboxylic acids is 3. The molecule has 5 N–H and O–H groups in total. The summed E-state index contributed by atoms with van der Waals surface area (Å²) in [5.74, 6) is -7.21. The molecule has 0 saturated carbocycles. The van der Waals surface area contributed by atoms with Gasteiger partial charge in [0.05, 0.1) is 42.5 Å². The molecule has 0 aromatic carbocycles. The van der Waals surface area contributed by atoms with Crippen molar-refractivity contribution in [2.75, 3.05) is 0 Å². The third-order valence-corrected chi connectivity index (χ3v) is 13.6. The van der Waals surface area contributed by atoms with Gasteiger partial charge in [0.15, 0.2) is 11.6 Å². The van der Waals surface area contributed by atoms with Crippen LogP contribution in [0.2, 0.25) is 0 Å². The average molecular weight is 805 g/mol. The fourth-order valence-electron chi connectivity index (χ4n) is 9.37. The Hall–Kier alpha value is -2.25. The van der Waals surface area contributed by atoms with Gasteiger partial charge >= 0.3 is 5.97 Å². The van der Waals surface area contributed by atoms with Crippen molar-refractivity contribution >= 4 is 17.5 Å². The highest BCUT2D eigenvalue weighted by Gasteiger charge is 2.57. The molecule has 3 rings (SSSR count). The zero-order valence-corrected chi connectivity index (χ0v) is 36.5. The molecule has 11 nitrogen and oxygen atoms in total. The highest BCUT2D eigenvalue weighted by atomic mass is 16.7. The lowest BCUT2D eigenvalue weighted by Gasteiger charge is -2.56. The van der Waals surface area contributed by atoms with E-state index in [4.69, 9.17) is 14.2 Å². The van der Waals surface area contributed by atoms with Crippen LogP contribution in [0.1, 0.15) is 128 Å². The van der Waals surface area contributed by atoms with Gasteiger partial charge in [-0.15, -0.1) is 0 Å². The van der Waals surface area contributed by atoms with E-state index >= 15 is 0 Å². The van der Waals surface area contributed by atoms with Crippen molar-refractivity contribution in [3.8, 4) is 0 Å².